The molecule has 0 heterocycles. The number of carbonyl (C=O) groups excluding carboxylic acids is 2. The van der Waals surface area contributed by atoms with Gasteiger partial charge in [-0.1, -0.05) is 6.07 Å². The van der Waals surface area contributed by atoms with Gasteiger partial charge in [0.1, 0.15) is 0 Å². The van der Waals surface area contributed by atoms with Crippen LogP contribution in [0.1, 0.15) is 28.4 Å². The molecule has 0 fully saturated rings. The molecule has 0 saturated carbocycles. The fraction of sp³-hybridized carbons (Fsp3) is 0.286. The zero-order chi connectivity index (χ0) is 13.5. The van der Waals surface area contributed by atoms with E-state index in [4.69, 9.17) is 4.74 Å². The van der Waals surface area contributed by atoms with Crippen LogP contribution in [0.5, 0.6) is 0 Å². The van der Waals surface area contributed by atoms with Crippen LogP contribution >= 0.6 is 0 Å². The molecule has 1 aromatic rings. The predicted octanol–water partition coefficient (Wildman–Crippen LogP) is 2.36. The first-order chi connectivity index (χ1) is 8.58. The molecule has 4 heteroatoms. The molecule has 0 atom stereocenters. The van der Waals surface area contributed by atoms with E-state index in [1.165, 1.54) is 13.2 Å². The second-order valence-electron chi connectivity index (χ2n) is 3.65. The highest BCUT2D eigenvalue weighted by molar-refractivity contribution is 5.91. The molecule has 1 rings (SSSR count). The lowest BCUT2D eigenvalue weighted by atomic mass is 10.0. The monoisotopic (exact) mass is 248 g/mol. The number of rotatable bonds is 4. The summed E-state index contributed by atoms with van der Waals surface area (Å²) in [7, 11) is 1.33. The van der Waals surface area contributed by atoms with E-state index in [0.29, 0.717) is 12.2 Å². The summed E-state index contributed by atoms with van der Waals surface area (Å²) in [6.07, 6.45) is 2.96. The number of hydrogen-bond donors (Lipinski definition) is 0. The maximum absolute atomic E-state index is 11.4. The van der Waals surface area contributed by atoms with E-state index in [0.717, 1.165) is 11.1 Å². The van der Waals surface area contributed by atoms with E-state index in [2.05, 4.69) is 4.74 Å². The molecule has 0 aromatic heterocycles. The molecule has 4 nitrogen and oxygen atoms in total. The Morgan fingerprint density at radius 3 is 2.67 bits per heavy atom. The lowest BCUT2D eigenvalue weighted by Gasteiger charge is -2.04. The number of aryl methyl sites for hydroxylation is 1. The van der Waals surface area contributed by atoms with Crippen molar-refractivity contribution in [2.24, 2.45) is 0 Å². The Morgan fingerprint density at radius 1 is 1.33 bits per heavy atom. The molecule has 0 amide bonds. The van der Waals surface area contributed by atoms with Gasteiger partial charge in [0.15, 0.2) is 0 Å². The molecule has 0 spiro atoms. The summed E-state index contributed by atoms with van der Waals surface area (Å²) < 4.78 is 9.43. The van der Waals surface area contributed by atoms with E-state index in [9.17, 15) is 9.59 Å². The van der Waals surface area contributed by atoms with Gasteiger partial charge in [0, 0.05) is 6.08 Å². The third-order valence-electron chi connectivity index (χ3n) is 2.39. The Balaban J connectivity index is 2.94. The molecule has 0 unspecified atom stereocenters. The van der Waals surface area contributed by atoms with Gasteiger partial charge in [-0.15, -0.1) is 0 Å². The highest BCUT2D eigenvalue weighted by atomic mass is 16.5. The van der Waals surface area contributed by atoms with Crippen molar-refractivity contribution in [3.8, 4) is 0 Å². The zero-order valence-corrected chi connectivity index (χ0v) is 10.7. The van der Waals surface area contributed by atoms with Gasteiger partial charge in [0.25, 0.3) is 0 Å². The van der Waals surface area contributed by atoms with Crippen molar-refractivity contribution < 1.29 is 19.1 Å². The highest BCUT2D eigenvalue weighted by Crippen LogP contribution is 2.14. The Labute approximate surface area is 106 Å². The van der Waals surface area contributed by atoms with Crippen LogP contribution < -0.4 is 0 Å². The third-order valence-corrected chi connectivity index (χ3v) is 2.39. The number of ether oxygens (including phenoxy) is 2. The average molecular weight is 248 g/mol. The normalized spacial score (nSPS) is 10.4. The maximum Gasteiger partial charge on any atom is 0.337 e. The molecule has 0 N–H and O–H groups in total. The van der Waals surface area contributed by atoms with Crippen LogP contribution in [0.3, 0.4) is 0 Å². The zero-order valence-electron chi connectivity index (χ0n) is 10.7. The van der Waals surface area contributed by atoms with Crippen LogP contribution in [0.4, 0.5) is 0 Å². The highest BCUT2D eigenvalue weighted by Gasteiger charge is 2.06. The molecular formula is C14H16O4. The van der Waals surface area contributed by atoms with Crippen LogP contribution in [0.15, 0.2) is 24.3 Å². The van der Waals surface area contributed by atoms with Gasteiger partial charge in [0.2, 0.25) is 0 Å². The van der Waals surface area contributed by atoms with Crippen molar-refractivity contribution in [2.45, 2.75) is 13.8 Å². The van der Waals surface area contributed by atoms with Crippen LogP contribution in [0.2, 0.25) is 0 Å². The lowest BCUT2D eigenvalue weighted by molar-refractivity contribution is -0.137. The number of methoxy groups -OCH3 is 1. The standard InChI is InChI=1S/C14H16O4/c1-4-18-13(15)8-7-11-9-12(14(16)17-3)6-5-10(11)2/h5-9H,4H2,1-3H3/b8-7+. The van der Waals surface area contributed by atoms with E-state index in [1.807, 2.05) is 6.92 Å². The van der Waals surface area contributed by atoms with Crippen molar-refractivity contribution >= 4 is 18.0 Å². The van der Waals surface area contributed by atoms with Gasteiger partial charge in [0.05, 0.1) is 19.3 Å². The minimum absolute atomic E-state index is 0.338. The van der Waals surface area contributed by atoms with E-state index < -0.39 is 11.9 Å². The van der Waals surface area contributed by atoms with E-state index >= 15 is 0 Å². The second-order valence-corrected chi connectivity index (χ2v) is 3.65. The van der Waals surface area contributed by atoms with Crippen LogP contribution in [0, 0.1) is 6.92 Å². The van der Waals surface area contributed by atoms with Gasteiger partial charge in [-0.2, -0.15) is 0 Å². The van der Waals surface area contributed by atoms with Gasteiger partial charge in [-0.05, 0) is 43.2 Å². The van der Waals surface area contributed by atoms with Crippen molar-refractivity contribution in [1.82, 2.24) is 0 Å². The Morgan fingerprint density at radius 2 is 2.06 bits per heavy atom. The van der Waals surface area contributed by atoms with E-state index in [1.54, 1.807) is 31.2 Å². The Bertz CT molecular complexity index is 475. The predicted molar refractivity (Wildman–Crippen MR) is 68.2 cm³/mol. The number of hydrogen-bond acceptors (Lipinski definition) is 4. The minimum atomic E-state index is -0.402. The molecule has 18 heavy (non-hydrogen) atoms. The first-order valence-corrected chi connectivity index (χ1v) is 5.62. The summed E-state index contributed by atoms with van der Waals surface area (Å²) in [6.45, 7) is 3.98. The average Bonchev–Trinajstić information content (AvgIpc) is 2.37. The fourth-order valence-electron chi connectivity index (χ4n) is 1.41. The van der Waals surface area contributed by atoms with Crippen molar-refractivity contribution in [3.63, 3.8) is 0 Å². The first kappa shape index (κ1) is 14.0. The summed E-state index contributed by atoms with van der Waals surface area (Å²) in [6, 6.07) is 5.16. The van der Waals surface area contributed by atoms with Crippen molar-refractivity contribution in [3.05, 3.63) is 41.0 Å². The van der Waals surface area contributed by atoms with Gasteiger partial charge in [-0.25, -0.2) is 9.59 Å². The minimum Gasteiger partial charge on any atom is -0.465 e. The van der Waals surface area contributed by atoms with Crippen molar-refractivity contribution in [1.29, 1.82) is 0 Å². The molecule has 1 aromatic carbocycles. The summed E-state index contributed by atoms with van der Waals surface area (Å²) in [5, 5.41) is 0. The molecule has 0 aliphatic carbocycles. The maximum atomic E-state index is 11.4. The summed E-state index contributed by atoms with van der Waals surface area (Å²) in [4.78, 5) is 22.6. The summed E-state index contributed by atoms with van der Waals surface area (Å²) in [5.74, 6) is -0.804. The van der Waals surface area contributed by atoms with Crippen LogP contribution in [0.25, 0.3) is 6.08 Å². The largest absolute Gasteiger partial charge is 0.465 e. The smallest absolute Gasteiger partial charge is 0.337 e. The Hall–Kier alpha value is -2.10. The molecule has 0 aliphatic rings. The number of carbonyl (C=O) groups is 2. The van der Waals surface area contributed by atoms with Crippen LogP contribution in [-0.4, -0.2) is 25.7 Å². The summed E-state index contributed by atoms with van der Waals surface area (Å²) in [5.41, 5.74) is 2.20. The Kier molecular flexibility index (Phi) is 5.11. The molecule has 0 saturated heterocycles. The van der Waals surface area contributed by atoms with Gasteiger partial charge >= 0.3 is 11.9 Å². The first-order valence-electron chi connectivity index (χ1n) is 5.62. The molecule has 0 radical (unpaired) electrons. The van der Waals surface area contributed by atoms with Crippen molar-refractivity contribution in [2.75, 3.05) is 13.7 Å². The molecule has 0 bridgehead atoms. The van der Waals surface area contributed by atoms with E-state index in [-0.39, 0.29) is 0 Å². The lowest BCUT2D eigenvalue weighted by Crippen LogP contribution is -2.02. The second kappa shape index (κ2) is 6.59. The number of benzene rings is 1. The third kappa shape index (κ3) is 3.73. The molecule has 96 valence electrons. The van der Waals surface area contributed by atoms with Crippen LogP contribution in [-0.2, 0) is 14.3 Å². The molecular weight excluding hydrogens is 232 g/mol. The quantitative estimate of drug-likeness (QED) is 0.606. The van der Waals surface area contributed by atoms with Gasteiger partial charge in [-0.3, -0.25) is 0 Å². The molecule has 0 aliphatic heterocycles. The summed E-state index contributed by atoms with van der Waals surface area (Å²) >= 11 is 0. The van der Waals surface area contributed by atoms with Gasteiger partial charge < -0.3 is 9.47 Å². The number of esters is 2. The SMILES string of the molecule is CCOC(=O)/C=C/c1cc(C(=O)OC)ccc1C. The topological polar surface area (TPSA) is 52.6 Å². The fourth-order valence-corrected chi connectivity index (χ4v) is 1.41.